The van der Waals surface area contributed by atoms with E-state index >= 15 is 0 Å². The number of aryl methyl sites for hydroxylation is 1. The molecule has 0 spiro atoms. The van der Waals surface area contributed by atoms with Gasteiger partial charge in [-0.1, -0.05) is 11.6 Å². The minimum atomic E-state index is 0.500. The number of aromatic nitrogens is 2. The number of nitrogens with zero attached hydrogens (tertiary/aromatic N) is 2. The van der Waals surface area contributed by atoms with E-state index in [2.05, 4.69) is 32.6 Å². The van der Waals surface area contributed by atoms with Gasteiger partial charge in [-0.05, 0) is 53.3 Å². The summed E-state index contributed by atoms with van der Waals surface area (Å²) >= 11 is 7.98. The van der Waals surface area contributed by atoms with E-state index in [4.69, 9.17) is 11.6 Å². The second kappa shape index (κ2) is 3.38. The summed E-state index contributed by atoms with van der Waals surface area (Å²) in [6, 6.07) is 5.83. The SMILES string of the molecule is Cc1cc(Cl)nc2nc(I)ccc12. The zero-order chi connectivity index (χ0) is 9.42. The van der Waals surface area contributed by atoms with Gasteiger partial charge in [0, 0.05) is 5.39 Å². The minimum absolute atomic E-state index is 0.500. The molecule has 13 heavy (non-hydrogen) atoms. The molecule has 2 heterocycles. The first kappa shape index (κ1) is 9.15. The first-order valence-corrected chi connectivity index (χ1v) is 5.22. The highest BCUT2D eigenvalue weighted by atomic mass is 127. The molecule has 2 nitrogen and oxygen atoms in total. The molecular formula is C9H6ClIN2. The highest BCUT2D eigenvalue weighted by molar-refractivity contribution is 14.1. The number of fused-ring (bicyclic) bond motifs is 1. The van der Waals surface area contributed by atoms with Crippen LogP contribution in [0.2, 0.25) is 5.15 Å². The van der Waals surface area contributed by atoms with E-state index in [-0.39, 0.29) is 0 Å². The predicted molar refractivity (Wildman–Crippen MR) is 62.0 cm³/mol. The van der Waals surface area contributed by atoms with E-state index in [0.29, 0.717) is 5.15 Å². The lowest BCUT2D eigenvalue weighted by Crippen LogP contribution is -1.89. The molecule has 0 amide bonds. The van der Waals surface area contributed by atoms with Gasteiger partial charge in [0.05, 0.1) is 0 Å². The van der Waals surface area contributed by atoms with Gasteiger partial charge >= 0.3 is 0 Å². The van der Waals surface area contributed by atoms with Gasteiger partial charge in [0.15, 0.2) is 5.65 Å². The molecule has 0 aromatic carbocycles. The minimum Gasteiger partial charge on any atom is -0.222 e. The molecule has 0 atom stereocenters. The summed E-state index contributed by atoms with van der Waals surface area (Å²) in [6.07, 6.45) is 0. The second-order valence-corrected chi connectivity index (χ2v) is 4.26. The van der Waals surface area contributed by atoms with Gasteiger partial charge in [0.2, 0.25) is 0 Å². The van der Waals surface area contributed by atoms with E-state index in [9.17, 15) is 0 Å². The van der Waals surface area contributed by atoms with Crippen molar-refractivity contribution in [3.63, 3.8) is 0 Å². The van der Waals surface area contributed by atoms with Gasteiger partial charge in [-0.3, -0.25) is 0 Å². The first-order chi connectivity index (χ1) is 6.16. The Morgan fingerprint density at radius 2 is 2.08 bits per heavy atom. The van der Waals surface area contributed by atoms with E-state index in [0.717, 1.165) is 20.3 Å². The van der Waals surface area contributed by atoms with Gasteiger partial charge in [-0.25, -0.2) is 9.97 Å². The Bertz CT molecular complexity index is 465. The number of hydrogen-bond acceptors (Lipinski definition) is 2. The van der Waals surface area contributed by atoms with Crippen LogP contribution >= 0.6 is 34.2 Å². The van der Waals surface area contributed by atoms with E-state index < -0.39 is 0 Å². The maximum Gasteiger partial charge on any atom is 0.162 e. The van der Waals surface area contributed by atoms with Crippen LogP contribution in [0.4, 0.5) is 0 Å². The summed E-state index contributed by atoms with van der Waals surface area (Å²) in [5, 5.41) is 1.56. The molecule has 0 fully saturated rings. The molecule has 0 aliphatic carbocycles. The Kier molecular flexibility index (Phi) is 2.38. The third kappa shape index (κ3) is 1.76. The van der Waals surface area contributed by atoms with E-state index in [1.165, 1.54) is 0 Å². The van der Waals surface area contributed by atoms with Crippen LogP contribution in [0.5, 0.6) is 0 Å². The second-order valence-electron chi connectivity index (χ2n) is 2.77. The summed E-state index contributed by atoms with van der Waals surface area (Å²) in [4.78, 5) is 8.44. The fourth-order valence-corrected chi connectivity index (χ4v) is 1.86. The Hall–Kier alpha value is -0.420. The highest BCUT2D eigenvalue weighted by Crippen LogP contribution is 2.19. The number of pyridine rings is 2. The summed E-state index contributed by atoms with van der Waals surface area (Å²) in [7, 11) is 0. The third-order valence-corrected chi connectivity index (χ3v) is 2.61. The zero-order valence-corrected chi connectivity index (χ0v) is 9.80. The quantitative estimate of drug-likeness (QED) is 0.552. The molecule has 2 aromatic rings. The van der Waals surface area contributed by atoms with Crippen LogP contribution in [-0.4, -0.2) is 9.97 Å². The van der Waals surface area contributed by atoms with Crippen molar-refractivity contribution in [1.29, 1.82) is 0 Å². The van der Waals surface area contributed by atoms with Crippen molar-refractivity contribution in [2.24, 2.45) is 0 Å². The molecule has 0 bridgehead atoms. The van der Waals surface area contributed by atoms with Crippen LogP contribution in [-0.2, 0) is 0 Å². The summed E-state index contributed by atoms with van der Waals surface area (Å²) in [5.74, 6) is 0. The van der Waals surface area contributed by atoms with Crippen molar-refractivity contribution >= 4 is 45.2 Å². The summed E-state index contributed by atoms with van der Waals surface area (Å²) < 4.78 is 0.930. The first-order valence-electron chi connectivity index (χ1n) is 3.76. The van der Waals surface area contributed by atoms with Crippen molar-refractivity contribution in [3.8, 4) is 0 Å². The van der Waals surface area contributed by atoms with Crippen LogP contribution in [0, 0.1) is 10.6 Å². The van der Waals surface area contributed by atoms with Crippen LogP contribution in [0.25, 0.3) is 11.0 Å². The van der Waals surface area contributed by atoms with Gasteiger partial charge in [0.25, 0.3) is 0 Å². The topological polar surface area (TPSA) is 25.8 Å². The average molecular weight is 305 g/mol. The van der Waals surface area contributed by atoms with Crippen LogP contribution in [0.15, 0.2) is 18.2 Å². The standard InChI is InChI=1S/C9H6ClIN2/c1-5-4-7(10)12-9-6(5)2-3-8(11)13-9/h2-4H,1H3. The molecule has 66 valence electrons. The zero-order valence-electron chi connectivity index (χ0n) is 6.88. The molecule has 0 unspecified atom stereocenters. The lowest BCUT2D eigenvalue weighted by Gasteiger charge is -2.01. The molecule has 0 saturated heterocycles. The third-order valence-electron chi connectivity index (χ3n) is 1.81. The molecule has 4 heteroatoms. The fraction of sp³-hybridized carbons (Fsp3) is 0.111. The number of rotatable bonds is 0. The van der Waals surface area contributed by atoms with Gasteiger partial charge in [-0.15, -0.1) is 0 Å². The van der Waals surface area contributed by atoms with E-state index in [1.807, 2.05) is 25.1 Å². The predicted octanol–water partition coefficient (Wildman–Crippen LogP) is 3.20. The van der Waals surface area contributed by atoms with Crippen molar-refractivity contribution in [1.82, 2.24) is 9.97 Å². The molecule has 2 rings (SSSR count). The lowest BCUT2D eigenvalue weighted by molar-refractivity contribution is 1.24. The van der Waals surface area contributed by atoms with E-state index in [1.54, 1.807) is 0 Å². The van der Waals surface area contributed by atoms with Gasteiger partial charge < -0.3 is 0 Å². The van der Waals surface area contributed by atoms with Crippen LogP contribution in [0.3, 0.4) is 0 Å². The molecule has 0 radical (unpaired) electrons. The molecule has 0 saturated carbocycles. The van der Waals surface area contributed by atoms with Crippen molar-refractivity contribution < 1.29 is 0 Å². The molecule has 0 N–H and O–H groups in total. The van der Waals surface area contributed by atoms with Crippen LogP contribution < -0.4 is 0 Å². The van der Waals surface area contributed by atoms with Crippen LogP contribution in [0.1, 0.15) is 5.56 Å². The molecule has 0 aliphatic heterocycles. The Morgan fingerprint density at radius 3 is 2.85 bits per heavy atom. The Morgan fingerprint density at radius 1 is 1.31 bits per heavy atom. The monoisotopic (exact) mass is 304 g/mol. The number of halogens is 2. The lowest BCUT2D eigenvalue weighted by atomic mass is 10.2. The highest BCUT2D eigenvalue weighted by Gasteiger charge is 2.02. The van der Waals surface area contributed by atoms with Crippen molar-refractivity contribution in [3.05, 3.63) is 32.6 Å². The van der Waals surface area contributed by atoms with Crippen molar-refractivity contribution in [2.75, 3.05) is 0 Å². The molecule has 0 aliphatic rings. The summed E-state index contributed by atoms with van der Waals surface area (Å²) in [5.41, 5.74) is 1.83. The molecular weight excluding hydrogens is 298 g/mol. The normalized spacial score (nSPS) is 10.7. The Labute approximate surface area is 94.5 Å². The summed E-state index contributed by atoms with van der Waals surface area (Å²) in [6.45, 7) is 2.00. The fourth-order valence-electron chi connectivity index (χ4n) is 1.21. The largest absolute Gasteiger partial charge is 0.222 e. The van der Waals surface area contributed by atoms with Gasteiger partial charge in [0.1, 0.15) is 8.85 Å². The van der Waals surface area contributed by atoms with Crippen molar-refractivity contribution in [2.45, 2.75) is 6.92 Å². The molecule has 2 aromatic heterocycles. The maximum absolute atomic E-state index is 5.82. The maximum atomic E-state index is 5.82. The average Bonchev–Trinajstić information content (AvgIpc) is 2.02. The Balaban J connectivity index is 2.86. The smallest absolute Gasteiger partial charge is 0.162 e. The number of hydrogen-bond donors (Lipinski definition) is 0. The van der Waals surface area contributed by atoms with Gasteiger partial charge in [-0.2, -0.15) is 0 Å².